The molecule has 0 aliphatic carbocycles. The molecule has 0 fully saturated rings. The average Bonchev–Trinajstić information content (AvgIpc) is 2.78. The van der Waals surface area contributed by atoms with E-state index in [4.69, 9.17) is 0 Å². The van der Waals surface area contributed by atoms with E-state index in [1.54, 1.807) is 16.8 Å². The second-order valence-electron chi connectivity index (χ2n) is 5.17. The molecule has 0 aliphatic rings. The molecule has 0 unspecified atom stereocenters. The highest BCUT2D eigenvalue weighted by atomic mass is 28.3. The second-order valence-corrected chi connectivity index (χ2v) is 10.2. The number of non-ortho nitro benzene ring substituents is 1. The number of nitro benzene ring substituents is 1. The molecular formula is C12H15N3O2Si. The van der Waals surface area contributed by atoms with E-state index in [1.807, 2.05) is 12.3 Å². The predicted octanol–water partition coefficient (Wildman–Crippen LogP) is 2.33. The Kier molecular flexibility index (Phi) is 3.04. The normalized spacial score (nSPS) is 11.5. The molecule has 2 aromatic rings. The van der Waals surface area contributed by atoms with Gasteiger partial charge in [0.05, 0.1) is 10.6 Å². The summed E-state index contributed by atoms with van der Waals surface area (Å²) < 4.78 is 1.76. The van der Waals surface area contributed by atoms with Crippen molar-refractivity contribution in [2.45, 2.75) is 19.6 Å². The monoisotopic (exact) mass is 261 g/mol. The zero-order valence-corrected chi connectivity index (χ0v) is 11.6. The van der Waals surface area contributed by atoms with Crippen LogP contribution in [-0.2, 0) is 0 Å². The molecule has 0 N–H and O–H groups in total. The molecule has 0 bridgehead atoms. The molecule has 0 saturated heterocycles. The SMILES string of the molecule is C[Si](C)(C)c1ccn(-c2ccc([N+](=O)[O-])cc2)n1. The lowest BCUT2D eigenvalue weighted by atomic mass is 10.3. The molecule has 6 heteroatoms. The highest BCUT2D eigenvalue weighted by molar-refractivity contribution is 6.88. The van der Waals surface area contributed by atoms with E-state index in [2.05, 4.69) is 24.7 Å². The summed E-state index contributed by atoms with van der Waals surface area (Å²) in [6, 6.07) is 8.42. The van der Waals surface area contributed by atoms with Crippen LogP contribution in [0.2, 0.25) is 19.6 Å². The van der Waals surface area contributed by atoms with E-state index in [1.165, 1.54) is 12.1 Å². The van der Waals surface area contributed by atoms with Gasteiger partial charge in [0, 0.05) is 23.6 Å². The third-order valence-electron chi connectivity index (χ3n) is 2.68. The third kappa shape index (κ3) is 2.48. The topological polar surface area (TPSA) is 61.0 Å². The van der Waals surface area contributed by atoms with Crippen molar-refractivity contribution in [3.05, 3.63) is 46.6 Å². The Morgan fingerprint density at radius 2 is 1.78 bits per heavy atom. The van der Waals surface area contributed by atoms with Gasteiger partial charge in [-0.25, -0.2) is 4.68 Å². The molecule has 5 nitrogen and oxygen atoms in total. The van der Waals surface area contributed by atoms with Crippen LogP contribution in [0.4, 0.5) is 5.69 Å². The van der Waals surface area contributed by atoms with Gasteiger partial charge in [-0.3, -0.25) is 10.1 Å². The van der Waals surface area contributed by atoms with Gasteiger partial charge in [0.2, 0.25) is 0 Å². The fourth-order valence-corrected chi connectivity index (χ4v) is 2.58. The minimum atomic E-state index is -1.41. The molecule has 0 amide bonds. The maximum Gasteiger partial charge on any atom is 0.269 e. The van der Waals surface area contributed by atoms with Crippen LogP contribution in [0.1, 0.15) is 0 Å². The number of benzene rings is 1. The van der Waals surface area contributed by atoms with Gasteiger partial charge in [0.1, 0.15) is 8.07 Å². The zero-order valence-electron chi connectivity index (χ0n) is 10.6. The van der Waals surface area contributed by atoms with E-state index in [9.17, 15) is 10.1 Å². The fraction of sp³-hybridized carbons (Fsp3) is 0.250. The molecule has 0 saturated carbocycles. The number of hydrogen-bond acceptors (Lipinski definition) is 3. The van der Waals surface area contributed by atoms with E-state index in [-0.39, 0.29) is 5.69 Å². The first-order valence-corrected chi connectivity index (χ1v) is 9.19. The van der Waals surface area contributed by atoms with Crippen molar-refractivity contribution < 1.29 is 4.92 Å². The Bertz CT molecular complexity index is 570. The van der Waals surface area contributed by atoms with Crippen LogP contribution in [0.3, 0.4) is 0 Å². The number of hydrogen-bond donors (Lipinski definition) is 0. The van der Waals surface area contributed by atoms with Crippen LogP contribution in [0.25, 0.3) is 5.69 Å². The molecule has 0 aliphatic heterocycles. The average molecular weight is 261 g/mol. The van der Waals surface area contributed by atoms with Gasteiger partial charge in [-0.05, 0) is 18.2 Å². The van der Waals surface area contributed by atoms with Gasteiger partial charge in [0.25, 0.3) is 5.69 Å². The van der Waals surface area contributed by atoms with Gasteiger partial charge < -0.3 is 0 Å². The number of nitrogens with zero attached hydrogens (tertiary/aromatic N) is 3. The van der Waals surface area contributed by atoms with E-state index in [0.717, 1.165) is 11.0 Å². The third-order valence-corrected chi connectivity index (χ3v) is 4.49. The molecule has 1 heterocycles. The molecule has 1 aromatic carbocycles. The van der Waals surface area contributed by atoms with Crippen molar-refractivity contribution in [2.24, 2.45) is 0 Å². The lowest BCUT2D eigenvalue weighted by molar-refractivity contribution is -0.384. The summed E-state index contributed by atoms with van der Waals surface area (Å²) in [6.07, 6.45) is 1.90. The van der Waals surface area contributed by atoms with Gasteiger partial charge in [0.15, 0.2) is 0 Å². The molecule has 1 aromatic heterocycles. The first kappa shape index (κ1) is 12.5. The van der Waals surface area contributed by atoms with Crippen molar-refractivity contribution in [3.8, 4) is 5.69 Å². The number of nitro groups is 1. The van der Waals surface area contributed by atoms with Crippen LogP contribution in [0.5, 0.6) is 0 Å². The maximum absolute atomic E-state index is 10.6. The standard InChI is InChI=1S/C12H15N3O2Si/c1-18(2,3)12-8-9-14(13-12)10-4-6-11(7-5-10)15(16)17/h4-9H,1-3H3. The fourth-order valence-electron chi connectivity index (χ4n) is 1.59. The van der Waals surface area contributed by atoms with Gasteiger partial charge in [-0.2, -0.15) is 5.10 Å². The molecule has 0 spiro atoms. The Morgan fingerprint density at radius 3 is 2.22 bits per heavy atom. The second kappa shape index (κ2) is 4.38. The van der Waals surface area contributed by atoms with Crippen LogP contribution < -0.4 is 5.32 Å². The first-order chi connectivity index (χ1) is 8.38. The summed E-state index contributed by atoms with van der Waals surface area (Å²) in [6.45, 7) is 6.69. The Labute approximate surface area is 106 Å². The molecule has 18 heavy (non-hydrogen) atoms. The Balaban J connectivity index is 2.32. The van der Waals surface area contributed by atoms with Gasteiger partial charge >= 0.3 is 0 Å². The van der Waals surface area contributed by atoms with Crippen LogP contribution >= 0.6 is 0 Å². The summed E-state index contributed by atoms with van der Waals surface area (Å²) in [5.41, 5.74) is 0.932. The Morgan fingerprint density at radius 1 is 1.17 bits per heavy atom. The largest absolute Gasteiger partial charge is 0.269 e. The van der Waals surface area contributed by atoms with Crippen LogP contribution in [-0.4, -0.2) is 22.8 Å². The molecule has 0 atom stereocenters. The minimum absolute atomic E-state index is 0.0938. The van der Waals surface area contributed by atoms with Gasteiger partial charge in [-0.15, -0.1) is 0 Å². The van der Waals surface area contributed by atoms with Gasteiger partial charge in [-0.1, -0.05) is 19.6 Å². The smallest absolute Gasteiger partial charge is 0.258 e. The van der Waals surface area contributed by atoms with Crippen LogP contribution in [0.15, 0.2) is 36.5 Å². The minimum Gasteiger partial charge on any atom is -0.258 e. The number of rotatable bonds is 3. The van der Waals surface area contributed by atoms with Crippen LogP contribution in [0, 0.1) is 10.1 Å². The van der Waals surface area contributed by atoms with Crippen molar-refractivity contribution in [3.63, 3.8) is 0 Å². The van der Waals surface area contributed by atoms with Crippen molar-refractivity contribution in [1.82, 2.24) is 9.78 Å². The molecule has 2 rings (SSSR count). The zero-order chi connectivity index (χ0) is 13.3. The summed E-state index contributed by atoms with van der Waals surface area (Å²) in [5, 5.41) is 16.2. The highest BCUT2D eigenvalue weighted by Gasteiger charge is 2.19. The summed E-state index contributed by atoms with van der Waals surface area (Å²) in [7, 11) is -1.41. The summed E-state index contributed by atoms with van der Waals surface area (Å²) in [4.78, 5) is 10.2. The Hall–Kier alpha value is -1.95. The van der Waals surface area contributed by atoms with E-state index in [0.29, 0.717) is 0 Å². The molecule has 94 valence electrons. The first-order valence-electron chi connectivity index (χ1n) is 5.69. The summed E-state index contributed by atoms with van der Waals surface area (Å²) >= 11 is 0. The lowest BCUT2D eigenvalue weighted by Crippen LogP contribution is -2.39. The van der Waals surface area contributed by atoms with Crippen molar-refractivity contribution in [1.29, 1.82) is 0 Å². The van der Waals surface area contributed by atoms with Crippen molar-refractivity contribution >= 4 is 19.1 Å². The van der Waals surface area contributed by atoms with E-state index >= 15 is 0 Å². The van der Waals surface area contributed by atoms with E-state index < -0.39 is 13.0 Å². The molecule has 0 radical (unpaired) electrons. The molecular weight excluding hydrogens is 246 g/mol. The summed E-state index contributed by atoms with van der Waals surface area (Å²) in [5.74, 6) is 0. The van der Waals surface area contributed by atoms with Crippen molar-refractivity contribution in [2.75, 3.05) is 0 Å². The lowest BCUT2D eigenvalue weighted by Gasteiger charge is -2.11. The highest BCUT2D eigenvalue weighted by Crippen LogP contribution is 2.14. The number of aromatic nitrogens is 2. The predicted molar refractivity (Wildman–Crippen MR) is 73.2 cm³/mol. The maximum atomic E-state index is 10.6. The quantitative estimate of drug-likeness (QED) is 0.484.